The second kappa shape index (κ2) is 6.90. The van der Waals surface area contributed by atoms with Crippen molar-refractivity contribution in [2.24, 2.45) is 0 Å². The van der Waals surface area contributed by atoms with Gasteiger partial charge in [0.05, 0.1) is 11.3 Å². The molecule has 0 amide bonds. The van der Waals surface area contributed by atoms with Crippen molar-refractivity contribution in [2.45, 2.75) is 25.1 Å². The molecule has 0 saturated heterocycles. The first-order valence-corrected chi connectivity index (χ1v) is 8.63. The third-order valence-electron chi connectivity index (χ3n) is 4.18. The molecule has 2 aromatic carbocycles. The molecule has 138 valence electrons. The zero-order valence-corrected chi connectivity index (χ0v) is 14.3. The van der Waals surface area contributed by atoms with Crippen molar-refractivity contribution in [3.8, 4) is 11.4 Å². The minimum atomic E-state index is -4.45. The van der Waals surface area contributed by atoms with E-state index in [0.29, 0.717) is 23.5 Å². The number of para-hydroxylation sites is 1. The Hall–Kier alpha value is -3.09. The Morgan fingerprint density at radius 2 is 1.52 bits per heavy atom. The Balaban J connectivity index is 1.72. The Morgan fingerprint density at radius 3 is 2.22 bits per heavy atom. The molecule has 2 N–H and O–H groups in total. The lowest BCUT2D eigenvalue weighted by Crippen LogP contribution is -2.10. The summed E-state index contributed by atoms with van der Waals surface area (Å²) < 4.78 is 39.8. The fourth-order valence-corrected chi connectivity index (χ4v) is 2.72. The van der Waals surface area contributed by atoms with Crippen LogP contribution in [0.5, 0.6) is 0 Å². The van der Waals surface area contributed by atoms with Gasteiger partial charge in [-0.15, -0.1) is 0 Å². The van der Waals surface area contributed by atoms with Gasteiger partial charge >= 0.3 is 6.18 Å². The van der Waals surface area contributed by atoms with Crippen molar-refractivity contribution in [3.05, 3.63) is 66.2 Å². The lowest BCUT2D eigenvalue weighted by atomic mass is 10.1. The molecule has 0 unspecified atom stereocenters. The predicted molar refractivity (Wildman–Crippen MR) is 98.8 cm³/mol. The number of anilines is 3. The maximum atomic E-state index is 13.3. The molecule has 1 fully saturated rings. The van der Waals surface area contributed by atoms with E-state index in [1.165, 1.54) is 12.1 Å². The lowest BCUT2D eigenvalue weighted by Gasteiger charge is -2.15. The molecule has 0 spiro atoms. The fraction of sp³-hybridized carbons (Fsp3) is 0.200. The molecule has 1 saturated carbocycles. The standard InChI is InChI=1S/C20H17F3N4/c21-20(22,23)15-8-4-5-9-16(15)25-18-12-17(24-14-10-11-14)26-19(27-18)13-6-2-1-3-7-13/h1-9,12,14H,10-11H2,(H2,24,25,26,27). The van der Waals surface area contributed by atoms with Crippen molar-refractivity contribution in [1.82, 2.24) is 9.97 Å². The normalized spacial score (nSPS) is 14.0. The van der Waals surface area contributed by atoms with Crippen molar-refractivity contribution in [1.29, 1.82) is 0 Å². The first-order chi connectivity index (χ1) is 13.0. The van der Waals surface area contributed by atoms with E-state index >= 15 is 0 Å². The summed E-state index contributed by atoms with van der Waals surface area (Å²) in [5.74, 6) is 1.36. The highest BCUT2D eigenvalue weighted by Gasteiger charge is 2.33. The zero-order valence-electron chi connectivity index (χ0n) is 14.3. The molecule has 0 bridgehead atoms. The van der Waals surface area contributed by atoms with Gasteiger partial charge in [-0.3, -0.25) is 0 Å². The van der Waals surface area contributed by atoms with E-state index in [1.54, 1.807) is 12.1 Å². The first kappa shape index (κ1) is 17.3. The van der Waals surface area contributed by atoms with E-state index in [-0.39, 0.29) is 5.69 Å². The molecule has 7 heteroatoms. The average Bonchev–Trinajstić information content (AvgIpc) is 3.46. The second-order valence-electron chi connectivity index (χ2n) is 6.42. The summed E-state index contributed by atoms with van der Waals surface area (Å²) in [6, 6.07) is 16.7. The van der Waals surface area contributed by atoms with Crippen LogP contribution in [0.15, 0.2) is 60.7 Å². The number of nitrogens with zero attached hydrogens (tertiary/aromatic N) is 2. The molecule has 1 aliphatic rings. The van der Waals surface area contributed by atoms with Gasteiger partial charge in [0.15, 0.2) is 5.82 Å². The highest BCUT2D eigenvalue weighted by Crippen LogP contribution is 2.36. The van der Waals surface area contributed by atoms with E-state index in [2.05, 4.69) is 20.6 Å². The molecule has 1 heterocycles. The van der Waals surface area contributed by atoms with Crippen molar-refractivity contribution in [3.63, 3.8) is 0 Å². The summed E-state index contributed by atoms with van der Waals surface area (Å²) in [6.45, 7) is 0. The number of rotatable bonds is 5. The van der Waals surface area contributed by atoms with E-state index in [4.69, 9.17) is 0 Å². The van der Waals surface area contributed by atoms with E-state index in [9.17, 15) is 13.2 Å². The van der Waals surface area contributed by atoms with Crippen LogP contribution in [0.4, 0.5) is 30.5 Å². The third-order valence-corrected chi connectivity index (χ3v) is 4.18. The van der Waals surface area contributed by atoms with Gasteiger partial charge in [0.1, 0.15) is 11.6 Å². The smallest absolute Gasteiger partial charge is 0.367 e. The number of nitrogens with one attached hydrogen (secondary N) is 2. The maximum absolute atomic E-state index is 13.3. The average molecular weight is 370 g/mol. The Labute approximate surface area is 154 Å². The van der Waals surface area contributed by atoms with Crippen molar-refractivity contribution in [2.75, 3.05) is 10.6 Å². The maximum Gasteiger partial charge on any atom is 0.418 e. The molecule has 4 rings (SSSR count). The van der Waals surface area contributed by atoms with Crippen molar-refractivity contribution < 1.29 is 13.2 Å². The van der Waals surface area contributed by atoms with Crippen LogP contribution < -0.4 is 10.6 Å². The third kappa shape index (κ3) is 4.19. The highest BCUT2D eigenvalue weighted by atomic mass is 19.4. The minimum Gasteiger partial charge on any atom is -0.367 e. The summed E-state index contributed by atoms with van der Waals surface area (Å²) in [5.41, 5.74) is 0.0192. The summed E-state index contributed by atoms with van der Waals surface area (Å²) in [4.78, 5) is 8.93. The van der Waals surface area contributed by atoms with E-state index < -0.39 is 11.7 Å². The summed E-state index contributed by atoms with van der Waals surface area (Å²) in [7, 11) is 0. The molecule has 0 radical (unpaired) electrons. The molecule has 0 atom stereocenters. The largest absolute Gasteiger partial charge is 0.418 e. The SMILES string of the molecule is FC(F)(F)c1ccccc1Nc1cc(NC2CC2)nc(-c2ccccc2)n1. The fourth-order valence-electron chi connectivity index (χ4n) is 2.72. The molecule has 1 aromatic heterocycles. The Kier molecular flexibility index (Phi) is 4.43. The quantitative estimate of drug-likeness (QED) is 0.624. The van der Waals surface area contributed by atoms with Gasteiger partial charge in [-0.25, -0.2) is 9.97 Å². The van der Waals surface area contributed by atoms with E-state index in [1.807, 2.05) is 30.3 Å². The minimum absolute atomic E-state index is 0.0416. The Bertz CT molecular complexity index is 937. The topological polar surface area (TPSA) is 49.8 Å². The van der Waals surface area contributed by atoms with Gasteiger partial charge < -0.3 is 10.6 Å². The first-order valence-electron chi connectivity index (χ1n) is 8.63. The second-order valence-corrected chi connectivity index (χ2v) is 6.42. The van der Waals surface area contributed by atoms with Crippen LogP contribution in [0, 0.1) is 0 Å². The molecule has 3 aromatic rings. The van der Waals surface area contributed by atoms with Crippen LogP contribution in [-0.4, -0.2) is 16.0 Å². The van der Waals surface area contributed by atoms with Gasteiger partial charge in [0, 0.05) is 17.7 Å². The molecular formula is C20H17F3N4. The van der Waals surface area contributed by atoms with Gasteiger partial charge in [0.25, 0.3) is 0 Å². The zero-order chi connectivity index (χ0) is 18.9. The predicted octanol–water partition coefficient (Wildman–Crippen LogP) is 5.48. The van der Waals surface area contributed by atoms with Crippen LogP contribution >= 0.6 is 0 Å². The van der Waals surface area contributed by atoms with Crippen LogP contribution in [0.3, 0.4) is 0 Å². The molecule has 0 aliphatic heterocycles. The number of alkyl halides is 3. The van der Waals surface area contributed by atoms with Crippen LogP contribution in [0.1, 0.15) is 18.4 Å². The molecular weight excluding hydrogens is 353 g/mol. The van der Waals surface area contributed by atoms with Gasteiger partial charge in [-0.1, -0.05) is 42.5 Å². The van der Waals surface area contributed by atoms with Crippen LogP contribution in [0.2, 0.25) is 0 Å². The number of halogens is 3. The van der Waals surface area contributed by atoms with Crippen LogP contribution in [-0.2, 0) is 6.18 Å². The van der Waals surface area contributed by atoms with E-state index in [0.717, 1.165) is 24.5 Å². The molecule has 4 nitrogen and oxygen atoms in total. The summed E-state index contributed by atoms with van der Waals surface area (Å²) in [5, 5.41) is 6.10. The van der Waals surface area contributed by atoms with Gasteiger partial charge in [-0.05, 0) is 25.0 Å². The summed E-state index contributed by atoms with van der Waals surface area (Å²) >= 11 is 0. The van der Waals surface area contributed by atoms with Crippen LogP contribution in [0.25, 0.3) is 11.4 Å². The number of hydrogen-bond acceptors (Lipinski definition) is 4. The monoisotopic (exact) mass is 370 g/mol. The number of hydrogen-bond donors (Lipinski definition) is 2. The highest BCUT2D eigenvalue weighted by molar-refractivity contribution is 5.67. The Morgan fingerprint density at radius 1 is 0.852 bits per heavy atom. The molecule has 27 heavy (non-hydrogen) atoms. The van der Waals surface area contributed by atoms with Crippen molar-refractivity contribution >= 4 is 17.3 Å². The molecule has 1 aliphatic carbocycles. The van der Waals surface area contributed by atoms with Gasteiger partial charge in [-0.2, -0.15) is 13.2 Å². The number of benzene rings is 2. The summed E-state index contributed by atoms with van der Waals surface area (Å²) in [6.07, 6.45) is -2.33. The lowest BCUT2D eigenvalue weighted by molar-refractivity contribution is -0.136. The van der Waals surface area contributed by atoms with Gasteiger partial charge in [0.2, 0.25) is 0 Å². The number of aromatic nitrogens is 2.